The van der Waals surface area contributed by atoms with Crippen molar-refractivity contribution in [3.8, 4) is 0 Å². The fourth-order valence-corrected chi connectivity index (χ4v) is 4.33. The smallest absolute Gasteiger partial charge is 0.325 e. The minimum absolute atomic E-state index is 0.165. The number of benzene rings is 3. The molecule has 8 heteroatoms. The molecule has 1 amide bonds. The monoisotopic (exact) mass is 466 g/mol. The summed E-state index contributed by atoms with van der Waals surface area (Å²) in [4.78, 5) is 26.5. The highest BCUT2D eigenvalue weighted by atomic mass is 32.2. The molecule has 0 unspecified atom stereocenters. The second-order valence-electron chi connectivity index (χ2n) is 7.65. The number of aryl methyl sites for hydroxylation is 2. The third-order valence-electron chi connectivity index (χ3n) is 5.22. The Balaban J connectivity index is 1.78. The van der Waals surface area contributed by atoms with Crippen molar-refractivity contribution in [2.24, 2.45) is 0 Å². The van der Waals surface area contributed by atoms with Gasteiger partial charge in [-0.2, -0.15) is 0 Å². The van der Waals surface area contributed by atoms with Gasteiger partial charge in [0, 0.05) is 17.8 Å². The molecule has 3 aromatic carbocycles. The molecule has 0 saturated heterocycles. The van der Waals surface area contributed by atoms with Crippen LogP contribution < -0.4 is 4.72 Å². The number of rotatable bonds is 8. The fourth-order valence-electron chi connectivity index (χ4n) is 3.18. The summed E-state index contributed by atoms with van der Waals surface area (Å²) in [7, 11) is -2.50. The maximum Gasteiger partial charge on any atom is 0.325 e. The van der Waals surface area contributed by atoms with Gasteiger partial charge in [-0.25, -0.2) is 8.42 Å². The van der Waals surface area contributed by atoms with Crippen LogP contribution in [-0.4, -0.2) is 38.8 Å². The van der Waals surface area contributed by atoms with Crippen molar-refractivity contribution in [1.82, 2.24) is 4.90 Å². The minimum atomic E-state index is -3.77. The average Bonchev–Trinajstić information content (AvgIpc) is 2.80. The molecule has 1 N–H and O–H groups in total. The van der Waals surface area contributed by atoms with E-state index in [1.807, 2.05) is 44.2 Å². The Labute approximate surface area is 194 Å². The number of sulfonamides is 1. The zero-order valence-corrected chi connectivity index (χ0v) is 19.6. The number of carbonyl (C=O) groups excluding carboxylic acids is 2. The van der Waals surface area contributed by atoms with Crippen LogP contribution >= 0.6 is 0 Å². The summed E-state index contributed by atoms with van der Waals surface area (Å²) in [6.45, 7) is 3.79. The molecule has 0 bridgehead atoms. The SMILES string of the molecule is COC(=O)CN(Cc1ccccc1)C(=O)c1ccc(NS(=O)(=O)c2ccc(C)c(C)c2)cc1. The van der Waals surface area contributed by atoms with Crippen LogP contribution in [0.1, 0.15) is 27.0 Å². The van der Waals surface area contributed by atoms with Gasteiger partial charge in [-0.3, -0.25) is 14.3 Å². The lowest BCUT2D eigenvalue weighted by Crippen LogP contribution is -2.35. The number of amides is 1. The Morgan fingerprint density at radius 2 is 1.58 bits per heavy atom. The second-order valence-corrected chi connectivity index (χ2v) is 9.33. The Kier molecular flexibility index (Phi) is 7.50. The summed E-state index contributed by atoms with van der Waals surface area (Å²) >= 11 is 0. The van der Waals surface area contributed by atoms with Crippen LogP contribution in [0.2, 0.25) is 0 Å². The first-order valence-corrected chi connectivity index (χ1v) is 11.8. The third-order valence-corrected chi connectivity index (χ3v) is 6.60. The third kappa shape index (κ3) is 6.20. The topological polar surface area (TPSA) is 92.8 Å². The van der Waals surface area contributed by atoms with Crippen molar-refractivity contribution in [2.75, 3.05) is 18.4 Å². The van der Waals surface area contributed by atoms with Gasteiger partial charge in [-0.15, -0.1) is 0 Å². The molecular formula is C25H26N2O5S. The molecule has 0 fully saturated rings. The van der Waals surface area contributed by atoms with Gasteiger partial charge < -0.3 is 9.64 Å². The molecule has 0 aromatic heterocycles. The van der Waals surface area contributed by atoms with Gasteiger partial charge in [0.2, 0.25) is 0 Å². The second kappa shape index (κ2) is 10.3. The van der Waals surface area contributed by atoms with Crippen LogP contribution in [0.15, 0.2) is 77.7 Å². The van der Waals surface area contributed by atoms with Crippen molar-refractivity contribution >= 4 is 27.6 Å². The van der Waals surface area contributed by atoms with E-state index >= 15 is 0 Å². The van der Waals surface area contributed by atoms with Crippen LogP contribution in [0.5, 0.6) is 0 Å². The number of esters is 1. The average molecular weight is 467 g/mol. The van der Waals surface area contributed by atoms with Crippen LogP contribution in [0.25, 0.3) is 0 Å². The molecule has 7 nitrogen and oxygen atoms in total. The fraction of sp³-hybridized carbons (Fsp3) is 0.200. The number of hydrogen-bond acceptors (Lipinski definition) is 5. The maximum atomic E-state index is 13.1. The summed E-state index contributed by atoms with van der Waals surface area (Å²) in [5.41, 5.74) is 3.40. The van der Waals surface area contributed by atoms with E-state index in [0.717, 1.165) is 16.7 Å². The quantitative estimate of drug-likeness (QED) is 0.508. The van der Waals surface area contributed by atoms with Crippen LogP contribution in [-0.2, 0) is 26.1 Å². The lowest BCUT2D eigenvalue weighted by molar-refractivity contribution is -0.141. The van der Waals surface area contributed by atoms with E-state index in [1.54, 1.807) is 18.2 Å². The largest absolute Gasteiger partial charge is 0.468 e. The Morgan fingerprint density at radius 1 is 0.909 bits per heavy atom. The van der Waals surface area contributed by atoms with E-state index in [-0.39, 0.29) is 23.9 Å². The van der Waals surface area contributed by atoms with Gasteiger partial charge in [0.15, 0.2) is 0 Å². The number of nitrogens with zero attached hydrogens (tertiary/aromatic N) is 1. The highest BCUT2D eigenvalue weighted by Crippen LogP contribution is 2.20. The molecule has 0 radical (unpaired) electrons. The molecule has 3 rings (SSSR count). The van der Waals surface area contributed by atoms with Crippen molar-refractivity contribution in [1.29, 1.82) is 0 Å². The zero-order chi connectivity index (χ0) is 24.0. The van der Waals surface area contributed by atoms with E-state index in [0.29, 0.717) is 11.3 Å². The maximum absolute atomic E-state index is 13.1. The van der Waals surface area contributed by atoms with Crippen molar-refractivity contribution in [3.63, 3.8) is 0 Å². The molecular weight excluding hydrogens is 440 g/mol. The Morgan fingerprint density at radius 3 is 2.18 bits per heavy atom. The zero-order valence-electron chi connectivity index (χ0n) is 18.7. The molecule has 0 aliphatic rings. The van der Waals surface area contributed by atoms with Crippen molar-refractivity contribution in [2.45, 2.75) is 25.3 Å². The molecule has 0 spiro atoms. The predicted molar refractivity (Wildman–Crippen MR) is 126 cm³/mol. The normalized spacial score (nSPS) is 11.0. The Hall–Kier alpha value is -3.65. The predicted octanol–water partition coefficient (Wildman–Crippen LogP) is 3.92. The van der Waals surface area contributed by atoms with Gasteiger partial charge in [-0.1, -0.05) is 36.4 Å². The van der Waals surface area contributed by atoms with Crippen LogP contribution in [0.3, 0.4) is 0 Å². The van der Waals surface area contributed by atoms with E-state index < -0.39 is 16.0 Å². The summed E-state index contributed by atoms with van der Waals surface area (Å²) in [6, 6.07) is 20.3. The molecule has 0 aliphatic carbocycles. The number of nitrogens with one attached hydrogen (secondary N) is 1. The standard InChI is InChI=1S/C25H26N2O5S/c1-18-9-14-23(15-19(18)2)33(30,31)26-22-12-10-21(11-13-22)25(29)27(17-24(28)32-3)16-20-7-5-4-6-8-20/h4-15,26H,16-17H2,1-3H3. The molecule has 172 valence electrons. The highest BCUT2D eigenvalue weighted by molar-refractivity contribution is 7.92. The van der Waals surface area contributed by atoms with Crippen molar-refractivity contribution in [3.05, 3.63) is 95.1 Å². The van der Waals surface area contributed by atoms with Gasteiger partial charge in [0.05, 0.1) is 12.0 Å². The van der Waals surface area contributed by atoms with Gasteiger partial charge in [0.25, 0.3) is 15.9 Å². The summed E-state index contributed by atoms with van der Waals surface area (Å²) < 4.78 is 32.7. The van der Waals surface area contributed by atoms with E-state index in [2.05, 4.69) is 4.72 Å². The first-order valence-electron chi connectivity index (χ1n) is 10.3. The molecule has 0 aliphatic heterocycles. The summed E-state index contributed by atoms with van der Waals surface area (Å²) in [5.74, 6) is -0.898. The van der Waals surface area contributed by atoms with Gasteiger partial charge in [0.1, 0.15) is 6.54 Å². The number of methoxy groups -OCH3 is 1. The lowest BCUT2D eigenvalue weighted by Gasteiger charge is -2.22. The van der Waals surface area contributed by atoms with Crippen LogP contribution in [0, 0.1) is 13.8 Å². The lowest BCUT2D eigenvalue weighted by atomic mass is 10.1. The highest BCUT2D eigenvalue weighted by Gasteiger charge is 2.20. The molecule has 0 atom stereocenters. The molecule has 33 heavy (non-hydrogen) atoms. The minimum Gasteiger partial charge on any atom is -0.468 e. The number of anilines is 1. The molecule has 0 heterocycles. The van der Waals surface area contributed by atoms with Crippen LogP contribution in [0.4, 0.5) is 5.69 Å². The van der Waals surface area contributed by atoms with Gasteiger partial charge >= 0.3 is 5.97 Å². The molecule has 0 saturated carbocycles. The van der Waals surface area contributed by atoms with E-state index in [4.69, 9.17) is 4.74 Å². The van der Waals surface area contributed by atoms with E-state index in [1.165, 1.54) is 36.3 Å². The van der Waals surface area contributed by atoms with E-state index in [9.17, 15) is 18.0 Å². The van der Waals surface area contributed by atoms with Gasteiger partial charge in [-0.05, 0) is 66.9 Å². The number of hydrogen-bond donors (Lipinski definition) is 1. The van der Waals surface area contributed by atoms with Crippen molar-refractivity contribution < 1.29 is 22.7 Å². The molecule has 3 aromatic rings. The Bertz CT molecular complexity index is 1240. The summed E-state index contributed by atoms with van der Waals surface area (Å²) in [5, 5.41) is 0. The first kappa shape index (κ1) is 24.0. The number of ether oxygens (including phenoxy) is 1. The summed E-state index contributed by atoms with van der Waals surface area (Å²) in [6.07, 6.45) is 0. The first-order chi connectivity index (χ1) is 15.7. The number of carbonyl (C=O) groups is 2.